The topological polar surface area (TPSA) is 124 Å². The van der Waals surface area contributed by atoms with Crippen LogP contribution in [0.5, 0.6) is 0 Å². The summed E-state index contributed by atoms with van der Waals surface area (Å²) in [7, 11) is -8.14. The van der Waals surface area contributed by atoms with Crippen LogP contribution >= 0.6 is 0 Å². The largest absolute Gasteiger partial charge is 0.342 e. The Morgan fingerprint density at radius 1 is 0.605 bits per heavy atom. The van der Waals surface area contributed by atoms with Crippen LogP contribution in [0.3, 0.4) is 0 Å². The van der Waals surface area contributed by atoms with Gasteiger partial charge in [0.2, 0.25) is 0 Å². The standard InChI is InChI=1S/C26H34O10S2/c1-17-7-11-19(12-8-17)37(27,28)31-15-21-23-24(36-25(3,4)33-21)22(34-26(5,6)35-23)16-32-38(29,30)20-13-9-18(2)10-14-20/h7-14,21-24H,15-16H2,1-6H3. The predicted octanol–water partition coefficient (Wildman–Crippen LogP) is 3.45. The van der Waals surface area contributed by atoms with Crippen molar-refractivity contribution >= 4 is 20.2 Å². The fraction of sp³-hybridized carbons (Fsp3) is 0.538. The zero-order valence-corrected chi connectivity index (χ0v) is 23.9. The lowest BCUT2D eigenvalue weighted by molar-refractivity contribution is -0.425. The van der Waals surface area contributed by atoms with E-state index < -0.39 is 56.2 Å². The van der Waals surface area contributed by atoms with Crippen LogP contribution in [0.2, 0.25) is 0 Å². The maximum atomic E-state index is 12.8. The number of benzene rings is 2. The summed E-state index contributed by atoms with van der Waals surface area (Å²) in [5, 5.41) is 0. The maximum Gasteiger partial charge on any atom is 0.297 e. The molecule has 210 valence electrons. The van der Waals surface area contributed by atoms with Gasteiger partial charge in [0.1, 0.15) is 24.4 Å². The third kappa shape index (κ3) is 6.80. The van der Waals surface area contributed by atoms with E-state index in [0.717, 1.165) is 11.1 Å². The Bertz CT molecular complexity index is 1230. The van der Waals surface area contributed by atoms with E-state index in [1.807, 2.05) is 13.8 Å². The first-order valence-corrected chi connectivity index (χ1v) is 15.0. The smallest absolute Gasteiger partial charge is 0.297 e. The number of hydrogen-bond donors (Lipinski definition) is 0. The highest BCUT2D eigenvalue weighted by Crippen LogP contribution is 2.39. The Hall–Kier alpha value is -1.90. The van der Waals surface area contributed by atoms with Crippen molar-refractivity contribution in [3.63, 3.8) is 0 Å². The van der Waals surface area contributed by atoms with E-state index in [0.29, 0.717) is 0 Å². The van der Waals surface area contributed by atoms with Crippen LogP contribution in [0.4, 0.5) is 0 Å². The monoisotopic (exact) mass is 570 g/mol. The first kappa shape index (κ1) is 29.1. The quantitative estimate of drug-likeness (QED) is 0.436. The number of rotatable bonds is 8. The van der Waals surface area contributed by atoms with Crippen LogP contribution in [0.15, 0.2) is 58.3 Å². The lowest BCUT2D eigenvalue weighted by Gasteiger charge is -2.53. The summed E-state index contributed by atoms with van der Waals surface area (Å²) in [6.45, 7) is 9.63. The van der Waals surface area contributed by atoms with Crippen LogP contribution in [-0.2, 0) is 47.5 Å². The van der Waals surface area contributed by atoms with E-state index in [1.54, 1.807) is 52.0 Å². The molecule has 0 aromatic heterocycles. The van der Waals surface area contributed by atoms with E-state index in [1.165, 1.54) is 24.3 Å². The van der Waals surface area contributed by atoms with Gasteiger partial charge in [0.05, 0.1) is 23.0 Å². The Balaban J connectivity index is 1.53. The lowest BCUT2D eigenvalue weighted by Crippen LogP contribution is -2.67. The Morgan fingerprint density at radius 2 is 0.921 bits per heavy atom. The Labute approximate surface area is 224 Å². The van der Waals surface area contributed by atoms with Crippen LogP contribution in [0, 0.1) is 13.8 Å². The van der Waals surface area contributed by atoms with Gasteiger partial charge < -0.3 is 18.9 Å². The molecule has 10 nitrogen and oxygen atoms in total. The molecule has 0 saturated carbocycles. The molecule has 0 aliphatic carbocycles. The van der Waals surface area contributed by atoms with Crippen molar-refractivity contribution in [3.8, 4) is 0 Å². The molecule has 0 amide bonds. The highest BCUT2D eigenvalue weighted by atomic mass is 32.2. The number of ether oxygens (including phenoxy) is 4. The van der Waals surface area contributed by atoms with Gasteiger partial charge in [0.15, 0.2) is 11.6 Å². The molecular formula is C26H34O10S2. The van der Waals surface area contributed by atoms with Crippen molar-refractivity contribution < 1.29 is 44.1 Å². The van der Waals surface area contributed by atoms with Crippen molar-refractivity contribution in [2.45, 2.75) is 87.3 Å². The second-order valence-corrected chi connectivity index (χ2v) is 13.6. The molecule has 0 N–H and O–H groups in total. The molecule has 0 radical (unpaired) electrons. The van der Waals surface area contributed by atoms with Gasteiger partial charge >= 0.3 is 0 Å². The third-order valence-electron chi connectivity index (χ3n) is 6.16. The fourth-order valence-corrected chi connectivity index (χ4v) is 6.24. The molecule has 0 spiro atoms. The highest BCUT2D eigenvalue weighted by molar-refractivity contribution is 7.87. The predicted molar refractivity (Wildman–Crippen MR) is 136 cm³/mol. The number of hydrogen-bond acceptors (Lipinski definition) is 10. The summed E-state index contributed by atoms with van der Waals surface area (Å²) >= 11 is 0. The second-order valence-electron chi connectivity index (χ2n) is 10.4. The first-order valence-electron chi connectivity index (χ1n) is 12.2. The van der Waals surface area contributed by atoms with Gasteiger partial charge in [-0.2, -0.15) is 16.8 Å². The van der Waals surface area contributed by atoms with Crippen molar-refractivity contribution in [2.24, 2.45) is 0 Å². The summed E-state index contributed by atoms with van der Waals surface area (Å²) in [6.07, 6.45) is -3.42. The fourth-order valence-electron chi connectivity index (χ4n) is 4.40. The minimum Gasteiger partial charge on any atom is -0.342 e. The molecule has 2 saturated heterocycles. The van der Waals surface area contributed by atoms with Gasteiger partial charge in [-0.1, -0.05) is 35.4 Å². The average molecular weight is 571 g/mol. The van der Waals surface area contributed by atoms with Gasteiger partial charge in [-0.15, -0.1) is 0 Å². The number of aryl methyl sites for hydroxylation is 2. The summed E-state index contributed by atoms with van der Waals surface area (Å²) < 4.78 is 86.1. The molecule has 2 aromatic rings. The normalized spacial score (nSPS) is 27.0. The molecule has 12 heteroatoms. The van der Waals surface area contributed by atoms with Crippen molar-refractivity contribution in [1.82, 2.24) is 0 Å². The number of fused-ring (bicyclic) bond motifs is 1. The van der Waals surface area contributed by atoms with E-state index >= 15 is 0 Å². The summed E-state index contributed by atoms with van der Waals surface area (Å²) in [5.74, 6) is -2.35. The molecule has 2 fully saturated rings. The SMILES string of the molecule is Cc1ccc(S(=O)(=O)OCC2OC(C)(C)OC3C(COS(=O)(=O)c4ccc(C)cc4)OC(C)(C)OC23)cc1. The molecule has 38 heavy (non-hydrogen) atoms. The van der Waals surface area contributed by atoms with Crippen LogP contribution < -0.4 is 0 Å². The minimum atomic E-state index is -4.07. The minimum absolute atomic E-state index is 0.0202. The third-order valence-corrected chi connectivity index (χ3v) is 8.75. The second kappa shape index (κ2) is 10.6. The van der Waals surface area contributed by atoms with Gasteiger partial charge in [0, 0.05) is 0 Å². The Kier molecular flexibility index (Phi) is 8.10. The van der Waals surface area contributed by atoms with Gasteiger partial charge in [-0.25, -0.2) is 0 Å². The van der Waals surface area contributed by atoms with Gasteiger partial charge in [0.25, 0.3) is 20.2 Å². The van der Waals surface area contributed by atoms with Crippen LogP contribution in [0.25, 0.3) is 0 Å². The van der Waals surface area contributed by atoms with E-state index in [-0.39, 0.29) is 23.0 Å². The average Bonchev–Trinajstić information content (AvgIpc) is 2.81. The molecule has 4 rings (SSSR count). The van der Waals surface area contributed by atoms with Gasteiger partial charge in [-0.05, 0) is 65.8 Å². The molecule has 2 heterocycles. The molecule has 4 unspecified atom stereocenters. The molecule has 4 atom stereocenters. The van der Waals surface area contributed by atoms with E-state index in [2.05, 4.69) is 0 Å². The van der Waals surface area contributed by atoms with Crippen molar-refractivity contribution in [3.05, 3.63) is 59.7 Å². The summed E-state index contributed by atoms with van der Waals surface area (Å²) in [4.78, 5) is 0.0403. The highest BCUT2D eigenvalue weighted by Gasteiger charge is 2.54. The summed E-state index contributed by atoms with van der Waals surface area (Å²) in [5.41, 5.74) is 1.83. The van der Waals surface area contributed by atoms with Crippen LogP contribution in [0.1, 0.15) is 38.8 Å². The van der Waals surface area contributed by atoms with Crippen molar-refractivity contribution in [2.75, 3.05) is 13.2 Å². The van der Waals surface area contributed by atoms with E-state index in [4.69, 9.17) is 27.3 Å². The molecular weight excluding hydrogens is 536 g/mol. The van der Waals surface area contributed by atoms with Crippen LogP contribution in [-0.4, -0.2) is 66.0 Å². The lowest BCUT2D eigenvalue weighted by atomic mass is 9.98. The van der Waals surface area contributed by atoms with E-state index in [9.17, 15) is 16.8 Å². The molecule has 2 aliphatic rings. The summed E-state index contributed by atoms with van der Waals surface area (Å²) in [6, 6.07) is 12.6. The Morgan fingerprint density at radius 3 is 1.24 bits per heavy atom. The zero-order valence-electron chi connectivity index (χ0n) is 22.2. The molecule has 0 bridgehead atoms. The van der Waals surface area contributed by atoms with Crippen molar-refractivity contribution in [1.29, 1.82) is 0 Å². The first-order chi connectivity index (χ1) is 17.6. The molecule has 2 aromatic carbocycles. The molecule has 2 aliphatic heterocycles. The van der Waals surface area contributed by atoms with Gasteiger partial charge in [-0.3, -0.25) is 8.37 Å². The maximum absolute atomic E-state index is 12.8. The zero-order chi connectivity index (χ0) is 27.9.